The van der Waals surface area contributed by atoms with Crippen molar-refractivity contribution in [2.75, 3.05) is 0 Å². The summed E-state index contributed by atoms with van der Waals surface area (Å²) in [7, 11) is -4.45. The van der Waals surface area contributed by atoms with Crippen molar-refractivity contribution in [1.29, 1.82) is 0 Å². The second-order valence-corrected chi connectivity index (χ2v) is 4.27. The lowest BCUT2D eigenvalue weighted by atomic mass is 10.1. The summed E-state index contributed by atoms with van der Waals surface area (Å²) in [6.45, 7) is 0. The normalized spacial score (nSPS) is 20.5. The lowest BCUT2D eigenvalue weighted by Gasteiger charge is -2.24. The molecule has 0 saturated carbocycles. The first-order chi connectivity index (χ1) is 7.04. The first-order valence-electron chi connectivity index (χ1n) is 4.45. The van der Waals surface area contributed by atoms with Gasteiger partial charge >= 0.3 is 10.4 Å². The summed E-state index contributed by atoms with van der Waals surface area (Å²) in [6.07, 6.45) is 0.127. The topological polar surface area (TPSA) is 72.8 Å². The maximum Gasteiger partial charge on any atom is 0.400 e. The van der Waals surface area contributed by atoms with E-state index in [1.807, 2.05) is 12.1 Å². The standard InChI is InChI=1S/C9H10O5S/c10-15(11,12)14-9-6-5-7-3-1-2-4-8(7)13-9/h1-4,9H,5-6H2,(H,10,11,12). The van der Waals surface area contributed by atoms with Crippen molar-refractivity contribution in [1.82, 2.24) is 0 Å². The SMILES string of the molecule is O=S(=O)(O)OC1CCc2ccccc2O1. The number of aryl methyl sites for hydroxylation is 1. The summed E-state index contributed by atoms with van der Waals surface area (Å²) in [4.78, 5) is 0. The van der Waals surface area contributed by atoms with Gasteiger partial charge in [0, 0.05) is 6.42 Å². The van der Waals surface area contributed by atoms with Crippen LogP contribution in [0.5, 0.6) is 5.75 Å². The van der Waals surface area contributed by atoms with Crippen molar-refractivity contribution in [2.45, 2.75) is 19.1 Å². The number of hydrogen-bond donors (Lipinski definition) is 1. The number of para-hydroxylation sites is 1. The van der Waals surface area contributed by atoms with Crippen molar-refractivity contribution in [3.63, 3.8) is 0 Å². The lowest BCUT2D eigenvalue weighted by molar-refractivity contribution is -0.0123. The van der Waals surface area contributed by atoms with E-state index in [2.05, 4.69) is 4.18 Å². The molecule has 1 aliphatic rings. The minimum Gasteiger partial charge on any atom is -0.463 e. The van der Waals surface area contributed by atoms with Gasteiger partial charge in [-0.25, -0.2) is 4.18 Å². The highest BCUT2D eigenvalue weighted by Gasteiger charge is 2.24. The van der Waals surface area contributed by atoms with Crippen molar-refractivity contribution < 1.29 is 21.9 Å². The Morgan fingerprint density at radius 3 is 2.87 bits per heavy atom. The molecular weight excluding hydrogens is 220 g/mol. The fraction of sp³-hybridized carbons (Fsp3) is 0.333. The van der Waals surface area contributed by atoms with E-state index >= 15 is 0 Å². The molecule has 0 radical (unpaired) electrons. The number of ether oxygens (including phenoxy) is 1. The fourth-order valence-electron chi connectivity index (χ4n) is 1.50. The van der Waals surface area contributed by atoms with Gasteiger partial charge in [0.1, 0.15) is 5.75 Å². The molecule has 1 aromatic carbocycles. The third kappa shape index (κ3) is 2.68. The molecule has 1 unspecified atom stereocenters. The Hall–Kier alpha value is -1.11. The molecule has 1 heterocycles. The van der Waals surface area contributed by atoms with Gasteiger partial charge in [-0.15, -0.1) is 0 Å². The van der Waals surface area contributed by atoms with Gasteiger partial charge in [0.15, 0.2) is 0 Å². The molecule has 1 aromatic rings. The van der Waals surface area contributed by atoms with E-state index < -0.39 is 16.7 Å². The molecule has 1 atom stereocenters. The van der Waals surface area contributed by atoms with E-state index in [-0.39, 0.29) is 0 Å². The van der Waals surface area contributed by atoms with Gasteiger partial charge in [-0.1, -0.05) is 18.2 Å². The zero-order valence-electron chi connectivity index (χ0n) is 7.79. The highest BCUT2D eigenvalue weighted by atomic mass is 32.3. The molecule has 0 fully saturated rings. The third-order valence-electron chi connectivity index (χ3n) is 2.11. The Labute approximate surface area is 87.6 Å². The molecule has 0 aromatic heterocycles. The predicted octanol–water partition coefficient (Wildman–Crippen LogP) is 1.16. The van der Waals surface area contributed by atoms with Crippen LogP contribution in [0.4, 0.5) is 0 Å². The first-order valence-corrected chi connectivity index (χ1v) is 5.81. The Bertz CT molecular complexity index is 453. The summed E-state index contributed by atoms with van der Waals surface area (Å²) in [5.74, 6) is 0.595. The van der Waals surface area contributed by atoms with Crippen LogP contribution >= 0.6 is 0 Å². The van der Waals surface area contributed by atoms with Crippen molar-refractivity contribution in [3.05, 3.63) is 29.8 Å². The summed E-state index contributed by atoms with van der Waals surface area (Å²) in [5, 5.41) is 0. The minimum atomic E-state index is -4.45. The first kappa shape index (κ1) is 10.4. The maximum atomic E-state index is 10.5. The molecule has 5 nitrogen and oxygen atoms in total. The number of rotatable bonds is 2. The number of benzene rings is 1. The average molecular weight is 230 g/mol. The second kappa shape index (κ2) is 3.80. The molecule has 0 saturated heterocycles. The molecular formula is C9H10O5S. The van der Waals surface area contributed by atoms with Crippen LogP contribution in [0.3, 0.4) is 0 Å². The predicted molar refractivity (Wildman–Crippen MR) is 51.8 cm³/mol. The molecule has 15 heavy (non-hydrogen) atoms. The molecule has 0 spiro atoms. The van der Waals surface area contributed by atoms with Gasteiger partial charge in [0.05, 0.1) is 0 Å². The highest BCUT2D eigenvalue weighted by molar-refractivity contribution is 7.80. The van der Waals surface area contributed by atoms with E-state index in [9.17, 15) is 8.42 Å². The van der Waals surface area contributed by atoms with Gasteiger partial charge in [0.2, 0.25) is 6.29 Å². The summed E-state index contributed by atoms with van der Waals surface area (Å²) < 4.78 is 39.0. The van der Waals surface area contributed by atoms with E-state index in [4.69, 9.17) is 9.29 Å². The minimum absolute atomic E-state index is 0.400. The third-order valence-corrected chi connectivity index (χ3v) is 2.57. The van der Waals surface area contributed by atoms with E-state index in [0.717, 1.165) is 5.56 Å². The lowest BCUT2D eigenvalue weighted by Crippen LogP contribution is -2.28. The second-order valence-electron chi connectivity index (χ2n) is 3.22. The quantitative estimate of drug-likeness (QED) is 0.772. The van der Waals surface area contributed by atoms with Crippen LogP contribution < -0.4 is 4.74 Å². The summed E-state index contributed by atoms with van der Waals surface area (Å²) >= 11 is 0. The summed E-state index contributed by atoms with van der Waals surface area (Å²) in [6, 6.07) is 7.30. The van der Waals surface area contributed by atoms with Crippen LogP contribution in [0.2, 0.25) is 0 Å². The van der Waals surface area contributed by atoms with Gasteiger partial charge < -0.3 is 4.74 Å². The van der Waals surface area contributed by atoms with E-state index in [1.165, 1.54) is 0 Å². The molecule has 2 rings (SSSR count). The molecule has 1 N–H and O–H groups in total. The Morgan fingerprint density at radius 1 is 1.40 bits per heavy atom. The van der Waals surface area contributed by atoms with Crippen LogP contribution in [-0.4, -0.2) is 19.3 Å². The maximum absolute atomic E-state index is 10.5. The molecule has 1 aliphatic heterocycles. The van der Waals surface area contributed by atoms with Crippen LogP contribution in [-0.2, 0) is 21.0 Å². The van der Waals surface area contributed by atoms with Gasteiger partial charge in [-0.2, -0.15) is 8.42 Å². The van der Waals surface area contributed by atoms with Crippen molar-refractivity contribution >= 4 is 10.4 Å². The highest BCUT2D eigenvalue weighted by Crippen LogP contribution is 2.27. The smallest absolute Gasteiger partial charge is 0.400 e. The monoisotopic (exact) mass is 230 g/mol. The number of hydrogen-bond acceptors (Lipinski definition) is 4. The average Bonchev–Trinajstić information content (AvgIpc) is 2.15. The Balaban J connectivity index is 2.12. The molecule has 0 bridgehead atoms. The van der Waals surface area contributed by atoms with Crippen LogP contribution in [0, 0.1) is 0 Å². The fourth-order valence-corrected chi connectivity index (χ4v) is 1.91. The zero-order valence-corrected chi connectivity index (χ0v) is 8.61. The van der Waals surface area contributed by atoms with Crippen LogP contribution in [0.25, 0.3) is 0 Å². The molecule has 6 heteroatoms. The molecule has 82 valence electrons. The Kier molecular flexibility index (Phi) is 2.64. The zero-order chi connectivity index (χ0) is 10.9. The largest absolute Gasteiger partial charge is 0.463 e. The van der Waals surface area contributed by atoms with Crippen LogP contribution in [0.1, 0.15) is 12.0 Å². The molecule has 0 aliphatic carbocycles. The van der Waals surface area contributed by atoms with E-state index in [0.29, 0.717) is 18.6 Å². The number of fused-ring (bicyclic) bond motifs is 1. The van der Waals surface area contributed by atoms with Gasteiger partial charge in [0.25, 0.3) is 0 Å². The Morgan fingerprint density at radius 2 is 2.13 bits per heavy atom. The summed E-state index contributed by atoms with van der Waals surface area (Å²) in [5.41, 5.74) is 1.01. The molecule has 0 amide bonds. The van der Waals surface area contributed by atoms with Crippen molar-refractivity contribution in [3.8, 4) is 5.75 Å². The van der Waals surface area contributed by atoms with Crippen molar-refractivity contribution in [2.24, 2.45) is 0 Å². The van der Waals surface area contributed by atoms with E-state index in [1.54, 1.807) is 12.1 Å². The van der Waals surface area contributed by atoms with Gasteiger partial charge in [-0.3, -0.25) is 4.55 Å². The van der Waals surface area contributed by atoms with Gasteiger partial charge in [-0.05, 0) is 18.1 Å². The van der Waals surface area contributed by atoms with Crippen LogP contribution in [0.15, 0.2) is 24.3 Å².